The Hall–Kier alpha value is -3.44. The van der Waals surface area contributed by atoms with Gasteiger partial charge >= 0.3 is 5.69 Å². The van der Waals surface area contributed by atoms with E-state index < -0.39 is 0 Å². The first kappa shape index (κ1) is 35.8. The first-order valence-corrected chi connectivity index (χ1v) is 14.3. The van der Waals surface area contributed by atoms with Crippen molar-refractivity contribution in [2.75, 3.05) is 66.5 Å². The molecule has 0 aliphatic carbocycles. The summed E-state index contributed by atoms with van der Waals surface area (Å²) >= 11 is 0. The maximum absolute atomic E-state index is 11.4. The standard InChI is InChI=1S/C20H38N4O6.C7H8N4O2/c1-18(2)4-6-24-16-19(22-23-24)17-30-15-14-29-13-12-28-11-10-27-9-8-26-7-5-20(25)21-3;1-10-5-4(8-3-9-5)6(12)11(2)7(10)13/h16,18H,4-15,17H2,1-3H3,(H,21,25);3H,1-2H3,(H,8,9). The fraction of sp³-hybridized carbons (Fsp3) is 0.704. The van der Waals surface area contributed by atoms with Gasteiger partial charge in [-0.05, 0) is 12.3 Å². The van der Waals surface area contributed by atoms with E-state index in [9.17, 15) is 14.4 Å². The Morgan fingerprint density at radius 3 is 2.07 bits per heavy atom. The van der Waals surface area contributed by atoms with Gasteiger partial charge in [0.05, 0.1) is 78.6 Å². The van der Waals surface area contributed by atoms with Crippen molar-refractivity contribution in [2.45, 2.75) is 39.8 Å². The molecule has 3 heterocycles. The molecule has 0 aliphatic rings. The number of rotatable bonds is 20. The smallest absolute Gasteiger partial charge is 0.332 e. The van der Waals surface area contributed by atoms with E-state index >= 15 is 0 Å². The fourth-order valence-electron chi connectivity index (χ4n) is 3.52. The number of nitrogens with zero attached hydrogens (tertiary/aromatic N) is 6. The Bertz CT molecular complexity index is 1320. The Morgan fingerprint density at radius 1 is 0.907 bits per heavy atom. The maximum Gasteiger partial charge on any atom is 0.332 e. The van der Waals surface area contributed by atoms with Crippen molar-refractivity contribution in [1.29, 1.82) is 0 Å². The van der Waals surface area contributed by atoms with Crippen molar-refractivity contribution < 1.29 is 28.5 Å². The predicted octanol–water partition coefficient (Wildman–Crippen LogP) is 0.00360. The van der Waals surface area contributed by atoms with Gasteiger partial charge in [-0.1, -0.05) is 19.1 Å². The van der Waals surface area contributed by atoms with Gasteiger partial charge in [0.25, 0.3) is 5.56 Å². The zero-order valence-corrected chi connectivity index (χ0v) is 25.9. The number of ether oxygens (including phenoxy) is 5. The average molecular weight is 611 g/mol. The number of aromatic nitrogens is 7. The number of amides is 1. The third-order valence-corrected chi connectivity index (χ3v) is 6.04. The molecule has 0 radical (unpaired) electrons. The summed E-state index contributed by atoms with van der Waals surface area (Å²) in [6, 6.07) is 0. The first-order valence-electron chi connectivity index (χ1n) is 14.3. The lowest BCUT2D eigenvalue weighted by molar-refractivity contribution is -0.121. The van der Waals surface area contributed by atoms with E-state index in [0.29, 0.717) is 89.6 Å². The molecule has 0 bridgehead atoms. The molecule has 43 heavy (non-hydrogen) atoms. The van der Waals surface area contributed by atoms with Crippen LogP contribution in [-0.4, -0.2) is 107 Å². The molecule has 0 aliphatic heterocycles. The van der Waals surface area contributed by atoms with E-state index in [4.69, 9.17) is 23.7 Å². The molecule has 16 nitrogen and oxygen atoms in total. The summed E-state index contributed by atoms with van der Waals surface area (Å²) in [5, 5.41) is 10.7. The zero-order valence-electron chi connectivity index (χ0n) is 25.9. The Balaban J connectivity index is 0.000000407. The summed E-state index contributed by atoms with van der Waals surface area (Å²) < 4.78 is 31.3. The third kappa shape index (κ3) is 13.6. The van der Waals surface area contributed by atoms with E-state index in [1.165, 1.54) is 17.9 Å². The second-order valence-corrected chi connectivity index (χ2v) is 9.89. The van der Waals surface area contributed by atoms with Gasteiger partial charge in [-0.15, -0.1) is 5.10 Å². The quantitative estimate of drug-likeness (QED) is 0.165. The molecule has 0 spiro atoms. The molecule has 0 saturated heterocycles. The molecular formula is C27H46N8O8. The third-order valence-electron chi connectivity index (χ3n) is 6.04. The van der Waals surface area contributed by atoms with Crippen LogP contribution < -0.4 is 16.6 Å². The van der Waals surface area contributed by atoms with Crippen molar-refractivity contribution >= 4 is 17.1 Å². The molecule has 0 atom stereocenters. The van der Waals surface area contributed by atoms with Gasteiger partial charge in [0.15, 0.2) is 5.65 Å². The number of hydrogen-bond acceptors (Lipinski definition) is 11. The highest BCUT2D eigenvalue weighted by Gasteiger charge is 2.09. The van der Waals surface area contributed by atoms with Crippen LogP contribution in [0.25, 0.3) is 11.2 Å². The Labute approximate surface area is 250 Å². The molecule has 0 aromatic carbocycles. The molecule has 242 valence electrons. The van der Waals surface area contributed by atoms with E-state index in [-0.39, 0.29) is 17.2 Å². The van der Waals surface area contributed by atoms with Crippen molar-refractivity contribution in [2.24, 2.45) is 20.0 Å². The summed E-state index contributed by atoms with van der Waals surface area (Å²) in [6.07, 6.45) is 4.77. The van der Waals surface area contributed by atoms with E-state index in [2.05, 4.69) is 39.4 Å². The molecule has 0 saturated carbocycles. The van der Waals surface area contributed by atoms with Gasteiger partial charge in [0, 0.05) is 34.1 Å². The molecule has 3 aromatic heterocycles. The summed E-state index contributed by atoms with van der Waals surface area (Å²) in [5.74, 6) is 0.619. The van der Waals surface area contributed by atoms with Crippen LogP contribution >= 0.6 is 0 Å². The SMILES string of the molecule is CNC(=O)CCOCCOCCOCCOCCOCc1cn(CCC(C)C)nn1.Cn1c(=O)c2[nH]cnc2n(C)c1=O. The average Bonchev–Trinajstić information content (AvgIpc) is 3.68. The minimum atomic E-state index is -0.371. The van der Waals surface area contributed by atoms with Crippen LogP contribution in [0.2, 0.25) is 0 Å². The van der Waals surface area contributed by atoms with Gasteiger partial charge in [0.1, 0.15) is 11.2 Å². The van der Waals surface area contributed by atoms with Crippen molar-refractivity contribution in [3.8, 4) is 0 Å². The molecule has 0 fully saturated rings. The lowest BCUT2D eigenvalue weighted by Crippen LogP contribution is -2.36. The number of aromatic amines is 1. The number of aryl methyl sites for hydroxylation is 2. The van der Waals surface area contributed by atoms with E-state index in [1.807, 2.05) is 10.9 Å². The normalized spacial score (nSPS) is 11.2. The zero-order chi connectivity index (χ0) is 31.5. The van der Waals surface area contributed by atoms with Crippen LogP contribution in [0.4, 0.5) is 0 Å². The monoisotopic (exact) mass is 610 g/mol. The van der Waals surface area contributed by atoms with Crippen LogP contribution in [0, 0.1) is 5.92 Å². The van der Waals surface area contributed by atoms with Gasteiger partial charge in [-0.3, -0.25) is 23.4 Å². The number of fused-ring (bicyclic) bond motifs is 1. The largest absolute Gasteiger partial charge is 0.379 e. The summed E-state index contributed by atoms with van der Waals surface area (Å²) in [5.41, 5.74) is 0.844. The van der Waals surface area contributed by atoms with Crippen molar-refractivity contribution in [3.05, 3.63) is 39.1 Å². The highest BCUT2D eigenvalue weighted by atomic mass is 16.6. The van der Waals surface area contributed by atoms with Gasteiger partial charge < -0.3 is 34.0 Å². The molecule has 2 N–H and O–H groups in total. The van der Waals surface area contributed by atoms with Crippen LogP contribution in [-0.2, 0) is 55.7 Å². The number of nitrogens with one attached hydrogen (secondary N) is 2. The number of imidazole rings is 1. The molecular weight excluding hydrogens is 564 g/mol. The predicted molar refractivity (Wildman–Crippen MR) is 158 cm³/mol. The van der Waals surface area contributed by atoms with E-state index in [1.54, 1.807) is 14.1 Å². The fourth-order valence-corrected chi connectivity index (χ4v) is 3.52. The minimum Gasteiger partial charge on any atom is -0.379 e. The minimum absolute atomic E-state index is 0.0281. The molecule has 1 amide bonds. The second kappa shape index (κ2) is 20.5. The van der Waals surface area contributed by atoms with Crippen LogP contribution in [0.1, 0.15) is 32.4 Å². The molecule has 0 unspecified atom stereocenters. The summed E-state index contributed by atoms with van der Waals surface area (Å²) in [6.45, 7) is 10.1. The van der Waals surface area contributed by atoms with Gasteiger partial charge in [-0.25, -0.2) is 9.78 Å². The molecule has 3 rings (SSSR count). The van der Waals surface area contributed by atoms with Crippen molar-refractivity contribution in [3.63, 3.8) is 0 Å². The van der Waals surface area contributed by atoms with Crippen LogP contribution in [0.3, 0.4) is 0 Å². The Morgan fingerprint density at radius 2 is 1.49 bits per heavy atom. The molecule has 3 aromatic rings. The van der Waals surface area contributed by atoms with Gasteiger partial charge in [-0.2, -0.15) is 0 Å². The first-order chi connectivity index (χ1) is 20.7. The Kier molecular flexibility index (Phi) is 17.0. The number of hydrogen-bond donors (Lipinski definition) is 2. The van der Waals surface area contributed by atoms with Crippen LogP contribution in [0.5, 0.6) is 0 Å². The highest BCUT2D eigenvalue weighted by Crippen LogP contribution is 2.03. The second-order valence-electron chi connectivity index (χ2n) is 9.89. The topological polar surface area (TPSA) is 179 Å². The van der Waals surface area contributed by atoms with Crippen molar-refractivity contribution in [1.82, 2.24) is 39.4 Å². The van der Waals surface area contributed by atoms with Gasteiger partial charge in [0.2, 0.25) is 5.91 Å². The van der Waals surface area contributed by atoms with Crippen LogP contribution in [0.15, 0.2) is 22.1 Å². The number of carbonyl (C=O) groups is 1. The summed E-state index contributed by atoms with van der Waals surface area (Å²) in [7, 11) is 4.62. The highest BCUT2D eigenvalue weighted by molar-refractivity contribution is 5.75. The number of carbonyl (C=O) groups excluding carboxylic acids is 1. The summed E-state index contributed by atoms with van der Waals surface area (Å²) in [4.78, 5) is 40.4. The lowest BCUT2D eigenvalue weighted by atomic mass is 10.1. The maximum atomic E-state index is 11.4. The number of H-pyrrole nitrogens is 1. The van der Waals surface area contributed by atoms with E-state index in [0.717, 1.165) is 23.2 Å². The molecule has 16 heteroatoms. The lowest BCUT2D eigenvalue weighted by Gasteiger charge is -2.07.